The van der Waals surface area contributed by atoms with Crippen LogP contribution in [-0.2, 0) is 19.1 Å². The number of hydrogen-bond acceptors (Lipinski definition) is 8. The number of hydrogen-bond donors (Lipinski definition) is 2. The third-order valence-electron chi connectivity index (χ3n) is 4.73. The van der Waals surface area contributed by atoms with Crippen LogP contribution in [0.15, 0.2) is 48.5 Å². The van der Waals surface area contributed by atoms with Gasteiger partial charge in [-0.2, -0.15) is 11.8 Å². The van der Waals surface area contributed by atoms with E-state index in [-0.39, 0.29) is 23.6 Å². The van der Waals surface area contributed by atoms with Crippen LogP contribution in [0, 0.1) is 0 Å². The van der Waals surface area contributed by atoms with Crippen LogP contribution in [0.3, 0.4) is 0 Å². The number of halogens is 1. The fraction of sp³-hybridized carbons (Fsp3) is 0.304. The molecule has 0 saturated heterocycles. The number of amides is 3. The fourth-order valence-corrected chi connectivity index (χ4v) is 3.70. The molecule has 9 nitrogen and oxygen atoms in total. The minimum absolute atomic E-state index is 0.0687. The number of ether oxygens (including phenoxy) is 3. The molecule has 1 aliphatic heterocycles. The molecule has 1 aliphatic rings. The van der Waals surface area contributed by atoms with Gasteiger partial charge in [0.2, 0.25) is 6.10 Å². The van der Waals surface area contributed by atoms with Crippen molar-refractivity contribution in [3.8, 4) is 11.5 Å². The molecule has 3 rings (SSSR count). The van der Waals surface area contributed by atoms with E-state index in [1.165, 1.54) is 17.8 Å². The van der Waals surface area contributed by atoms with Crippen LogP contribution in [0.1, 0.15) is 16.8 Å². The van der Waals surface area contributed by atoms with E-state index in [9.17, 15) is 19.2 Å². The van der Waals surface area contributed by atoms with Gasteiger partial charge in [0.15, 0.2) is 18.1 Å². The molecule has 0 unspecified atom stereocenters. The van der Waals surface area contributed by atoms with E-state index in [0.717, 1.165) is 0 Å². The van der Waals surface area contributed by atoms with Crippen molar-refractivity contribution >= 4 is 47.1 Å². The summed E-state index contributed by atoms with van der Waals surface area (Å²) in [6, 6.07) is 12.3. The number of esters is 1. The lowest BCUT2D eigenvalue weighted by Gasteiger charge is -2.25. The molecular weight excluding hydrogens is 484 g/mol. The van der Waals surface area contributed by atoms with Gasteiger partial charge in [-0.15, -0.1) is 0 Å². The van der Waals surface area contributed by atoms with Gasteiger partial charge in [0.25, 0.3) is 17.7 Å². The van der Waals surface area contributed by atoms with E-state index in [1.807, 2.05) is 6.26 Å². The largest absolute Gasteiger partial charge is 0.485 e. The van der Waals surface area contributed by atoms with Crippen LogP contribution in [-0.4, -0.2) is 61.1 Å². The van der Waals surface area contributed by atoms with Crippen LogP contribution in [0.4, 0.5) is 0 Å². The highest BCUT2D eigenvalue weighted by molar-refractivity contribution is 7.98. The molecule has 2 aromatic carbocycles. The quantitative estimate of drug-likeness (QED) is 0.497. The van der Waals surface area contributed by atoms with Crippen LogP contribution in [0.2, 0.25) is 5.02 Å². The molecule has 2 aromatic rings. The SMILES string of the molecule is CSCC[C@H](NC(=O)c1ccccc1Cl)C(=O)OCC(=O)NC(=O)[C@@H]1COc2ccccc2O1. The van der Waals surface area contributed by atoms with E-state index in [4.69, 9.17) is 25.8 Å². The molecule has 0 spiro atoms. The summed E-state index contributed by atoms with van der Waals surface area (Å²) in [4.78, 5) is 49.6. The number of imide groups is 1. The second-order valence-electron chi connectivity index (χ2n) is 7.17. The van der Waals surface area contributed by atoms with Crippen molar-refractivity contribution in [2.75, 3.05) is 25.2 Å². The monoisotopic (exact) mass is 506 g/mol. The number of para-hydroxylation sites is 2. The topological polar surface area (TPSA) is 120 Å². The van der Waals surface area contributed by atoms with Gasteiger partial charge in [0.05, 0.1) is 10.6 Å². The second-order valence-corrected chi connectivity index (χ2v) is 8.56. The molecule has 2 N–H and O–H groups in total. The van der Waals surface area contributed by atoms with Gasteiger partial charge < -0.3 is 19.5 Å². The van der Waals surface area contributed by atoms with Crippen molar-refractivity contribution in [2.24, 2.45) is 0 Å². The Labute approximate surface area is 205 Å². The predicted molar refractivity (Wildman–Crippen MR) is 126 cm³/mol. The van der Waals surface area contributed by atoms with E-state index in [1.54, 1.807) is 42.5 Å². The Hall–Kier alpha value is -3.24. The average Bonchev–Trinajstić information content (AvgIpc) is 2.84. The Morgan fingerprint density at radius 1 is 1.12 bits per heavy atom. The molecule has 0 radical (unpaired) electrons. The summed E-state index contributed by atoms with van der Waals surface area (Å²) in [5.74, 6) is -1.44. The first-order chi connectivity index (χ1) is 16.4. The summed E-state index contributed by atoms with van der Waals surface area (Å²) in [6.45, 7) is -0.771. The highest BCUT2D eigenvalue weighted by Gasteiger charge is 2.29. The van der Waals surface area contributed by atoms with Crippen molar-refractivity contribution in [1.82, 2.24) is 10.6 Å². The molecule has 1 heterocycles. The lowest BCUT2D eigenvalue weighted by Crippen LogP contribution is -2.48. The summed E-state index contributed by atoms with van der Waals surface area (Å²) in [7, 11) is 0. The second kappa shape index (κ2) is 12.3. The highest BCUT2D eigenvalue weighted by Crippen LogP contribution is 2.30. The molecule has 11 heteroatoms. The number of thioether (sulfide) groups is 1. The first-order valence-electron chi connectivity index (χ1n) is 10.3. The molecule has 0 fully saturated rings. The molecule has 0 aromatic heterocycles. The first-order valence-corrected chi connectivity index (χ1v) is 12.1. The summed E-state index contributed by atoms with van der Waals surface area (Å²) >= 11 is 7.53. The van der Waals surface area contributed by atoms with E-state index in [2.05, 4.69) is 10.6 Å². The van der Waals surface area contributed by atoms with Gasteiger partial charge in [-0.3, -0.25) is 19.7 Å². The highest BCUT2D eigenvalue weighted by atomic mass is 35.5. The molecule has 0 bridgehead atoms. The summed E-state index contributed by atoms with van der Waals surface area (Å²) in [5.41, 5.74) is 0.214. The molecule has 180 valence electrons. The van der Waals surface area contributed by atoms with Gasteiger partial charge in [0.1, 0.15) is 12.6 Å². The molecule has 0 aliphatic carbocycles. The Bertz CT molecular complexity index is 1070. The number of benzene rings is 2. The average molecular weight is 507 g/mol. The van der Waals surface area contributed by atoms with Crippen LogP contribution in [0.5, 0.6) is 11.5 Å². The molecule has 3 amide bonds. The van der Waals surface area contributed by atoms with Crippen LogP contribution >= 0.6 is 23.4 Å². The van der Waals surface area contributed by atoms with Gasteiger partial charge in [-0.1, -0.05) is 35.9 Å². The standard InChI is InChI=1S/C23H23ClN2O7S/c1-34-11-10-16(25-21(28)14-6-2-3-7-15(14)24)23(30)32-13-20(27)26-22(29)19-12-31-17-8-4-5-9-18(17)33-19/h2-9,16,19H,10-13H2,1H3,(H,25,28)(H,26,27,29)/t16-,19-/m0/s1. The number of nitrogens with one attached hydrogen (secondary N) is 2. The fourth-order valence-electron chi connectivity index (χ4n) is 3.01. The number of carbonyl (C=O) groups is 4. The molecule has 2 atom stereocenters. The van der Waals surface area contributed by atoms with E-state index < -0.39 is 42.4 Å². The van der Waals surface area contributed by atoms with Crippen molar-refractivity contribution < 1.29 is 33.4 Å². The van der Waals surface area contributed by atoms with Gasteiger partial charge in [-0.05, 0) is 42.7 Å². The van der Waals surface area contributed by atoms with Gasteiger partial charge >= 0.3 is 5.97 Å². The zero-order valence-corrected chi connectivity index (χ0v) is 19.8. The summed E-state index contributed by atoms with van der Waals surface area (Å²) in [5, 5.41) is 4.95. The lowest BCUT2D eigenvalue weighted by molar-refractivity contribution is -0.152. The zero-order valence-electron chi connectivity index (χ0n) is 18.2. The Kier molecular flexibility index (Phi) is 9.17. The summed E-state index contributed by atoms with van der Waals surface area (Å²) in [6.07, 6.45) is 1.11. The van der Waals surface area contributed by atoms with Crippen LogP contribution < -0.4 is 20.1 Å². The van der Waals surface area contributed by atoms with Gasteiger partial charge in [-0.25, -0.2) is 4.79 Å². The molecule has 34 heavy (non-hydrogen) atoms. The maximum absolute atomic E-state index is 12.5. The minimum Gasteiger partial charge on any atom is -0.485 e. The third kappa shape index (κ3) is 6.88. The maximum Gasteiger partial charge on any atom is 0.329 e. The third-order valence-corrected chi connectivity index (χ3v) is 5.70. The first kappa shape index (κ1) is 25.4. The van der Waals surface area contributed by atoms with Crippen molar-refractivity contribution in [2.45, 2.75) is 18.6 Å². The van der Waals surface area contributed by atoms with Gasteiger partial charge in [0, 0.05) is 0 Å². The Morgan fingerprint density at radius 3 is 2.56 bits per heavy atom. The number of carbonyl (C=O) groups excluding carboxylic acids is 4. The van der Waals surface area contributed by atoms with Crippen molar-refractivity contribution in [1.29, 1.82) is 0 Å². The van der Waals surface area contributed by atoms with E-state index >= 15 is 0 Å². The predicted octanol–water partition coefficient (Wildman–Crippen LogP) is 2.22. The Morgan fingerprint density at radius 2 is 1.82 bits per heavy atom. The maximum atomic E-state index is 12.5. The lowest BCUT2D eigenvalue weighted by atomic mass is 10.1. The van der Waals surface area contributed by atoms with E-state index in [0.29, 0.717) is 17.3 Å². The minimum atomic E-state index is -1.03. The van der Waals surface area contributed by atoms with Crippen LogP contribution in [0.25, 0.3) is 0 Å². The molecule has 0 saturated carbocycles. The number of fused-ring (bicyclic) bond motifs is 1. The zero-order chi connectivity index (χ0) is 24.5. The number of rotatable bonds is 9. The summed E-state index contributed by atoms with van der Waals surface area (Å²) < 4.78 is 16.0. The molecular formula is C23H23ClN2O7S. The Balaban J connectivity index is 1.51. The van der Waals surface area contributed by atoms with Crippen molar-refractivity contribution in [3.63, 3.8) is 0 Å². The smallest absolute Gasteiger partial charge is 0.329 e. The normalized spacial score (nSPS) is 15.1. The van der Waals surface area contributed by atoms with Crippen molar-refractivity contribution in [3.05, 3.63) is 59.1 Å².